The van der Waals surface area contributed by atoms with Gasteiger partial charge in [-0.15, -0.1) is 0 Å². The molecule has 0 aromatic rings. The van der Waals surface area contributed by atoms with Crippen LogP contribution in [0.5, 0.6) is 0 Å². The molecule has 1 rings (SSSR count). The molecule has 1 fully saturated rings. The maximum Gasteiger partial charge on any atom is 0.319 e. The molecular weight excluding hydrogens is 192 g/mol. The van der Waals surface area contributed by atoms with Crippen molar-refractivity contribution in [2.75, 3.05) is 6.61 Å². The van der Waals surface area contributed by atoms with E-state index in [1.165, 1.54) is 0 Å². The van der Waals surface area contributed by atoms with Crippen LogP contribution in [-0.4, -0.2) is 18.4 Å². The number of esters is 1. The molecule has 0 aromatic heterocycles. The van der Waals surface area contributed by atoms with Crippen LogP contribution in [0.15, 0.2) is 0 Å². The zero-order valence-corrected chi connectivity index (χ0v) is 9.84. The lowest BCUT2D eigenvalue weighted by Gasteiger charge is -2.37. The lowest BCUT2D eigenvalue weighted by Crippen LogP contribution is -2.46. The number of Topliss-reactive ketones (excluding diaryl/α,β-unsaturated/α-hetero) is 1. The van der Waals surface area contributed by atoms with Gasteiger partial charge in [-0.3, -0.25) is 9.59 Å². The van der Waals surface area contributed by atoms with Gasteiger partial charge in [0.2, 0.25) is 0 Å². The van der Waals surface area contributed by atoms with Gasteiger partial charge in [0, 0.05) is 6.42 Å². The number of carbonyl (C=O) groups is 2. The monoisotopic (exact) mass is 212 g/mol. The first-order valence-corrected chi connectivity index (χ1v) is 5.77. The first-order valence-electron chi connectivity index (χ1n) is 5.77. The van der Waals surface area contributed by atoms with Gasteiger partial charge in [0.05, 0.1) is 6.61 Å². The SMILES string of the molecule is CCOC(=O)[C@]1(C)C(=O)CCC[C@@H]1CC. The van der Waals surface area contributed by atoms with Gasteiger partial charge in [0.25, 0.3) is 0 Å². The van der Waals surface area contributed by atoms with E-state index in [4.69, 9.17) is 4.74 Å². The van der Waals surface area contributed by atoms with Crippen LogP contribution in [-0.2, 0) is 14.3 Å². The van der Waals surface area contributed by atoms with Crippen molar-refractivity contribution in [3.05, 3.63) is 0 Å². The van der Waals surface area contributed by atoms with E-state index in [2.05, 4.69) is 0 Å². The molecule has 1 aliphatic rings. The standard InChI is InChI=1S/C12H20O3/c1-4-9-7-6-8-10(13)12(9,3)11(14)15-5-2/h9H,4-8H2,1-3H3/t9-,12-/m0/s1. The minimum Gasteiger partial charge on any atom is -0.465 e. The Bertz CT molecular complexity index is 260. The normalized spacial score (nSPS) is 31.4. The van der Waals surface area contributed by atoms with Gasteiger partial charge in [-0.1, -0.05) is 13.3 Å². The fourth-order valence-electron chi connectivity index (χ4n) is 2.46. The van der Waals surface area contributed by atoms with E-state index in [9.17, 15) is 9.59 Å². The summed E-state index contributed by atoms with van der Waals surface area (Å²) in [6, 6.07) is 0. The zero-order valence-electron chi connectivity index (χ0n) is 9.84. The highest BCUT2D eigenvalue weighted by molar-refractivity contribution is 6.04. The van der Waals surface area contributed by atoms with Gasteiger partial charge in [0.1, 0.15) is 11.2 Å². The van der Waals surface area contributed by atoms with Crippen molar-refractivity contribution >= 4 is 11.8 Å². The van der Waals surface area contributed by atoms with Crippen molar-refractivity contribution in [3.8, 4) is 0 Å². The molecule has 0 saturated heterocycles. The van der Waals surface area contributed by atoms with Crippen molar-refractivity contribution in [2.24, 2.45) is 11.3 Å². The molecular formula is C12H20O3. The summed E-state index contributed by atoms with van der Waals surface area (Å²) in [4.78, 5) is 23.8. The van der Waals surface area contributed by atoms with Gasteiger partial charge in [-0.25, -0.2) is 0 Å². The highest BCUT2D eigenvalue weighted by atomic mass is 16.5. The van der Waals surface area contributed by atoms with E-state index in [1.807, 2.05) is 6.92 Å². The van der Waals surface area contributed by atoms with Crippen LogP contribution in [0.2, 0.25) is 0 Å². The third kappa shape index (κ3) is 2.06. The summed E-state index contributed by atoms with van der Waals surface area (Å²) >= 11 is 0. The van der Waals surface area contributed by atoms with E-state index in [0.29, 0.717) is 13.0 Å². The quantitative estimate of drug-likeness (QED) is 0.532. The highest BCUT2D eigenvalue weighted by Gasteiger charge is 2.49. The van der Waals surface area contributed by atoms with Crippen LogP contribution in [0.3, 0.4) is 0 Å². The molecule has 0 aliphatic heterocycles. The Morgan fingerprint density at radius 1 is 1.53 bits per heavy atom. The Balaban J connectivity index is 2.91. The Hall–Kier alpha value is -0.860. The highest BCUT2D eigenvalue weighted by Crippen LogP contribution is 2.41. The molecule has 0 heterocycles. The maximum atomic E-state index is 11.9. The fourth-order valence-corrected chi connectivity index (χ4v) is 2.46. The molecule has 0 radical (unpaired) electrons. The number of ether oxygens (including phenoxy) is 1. The molecule has 3 heteroatoms. The summed E-state index contributed by atoms with van der Waals surface area (Å²) in [5.41, 5.74) is -0.886. The van der Waals surface area contributed by atoms with Crippen LogP contribution >= 0.6 is 0 Å². The van der Waals surface area contributed by atoms with Gasteiger partial charge in [0.15, 0.2) is 0 Å². The predicted molar refractivity (Wildman–Crippen MR) is 57.4 cm³/mol. The smallest absolute Gasteiger partial charge is 0.319 e. The second-order valence-electron chi connectivity index (χ2n) is 4.34. The number of hydrogen-bond donors (Lipinski definition) is 0. The summed E-state index contributed by atoms with van der Waals surface area (Å²) in [5, 5.41) is 0. The Kier molecular flexibility index (Phi) is 3.89. The maximum absolute atomic E-state index is 11.9. The number of rotatable bonds is 3. The lowest BCUT2D eigenvalue weighted by atomic mass is 9.65. The van der Waals surface area contributed by atoms with Gasteiger partial charge >= 0.3 is 5.97 Å². The van der Waals surface area contributed by atoms with Crippen LogP contribution in [0.25, 0.3) is 0 Å². The van der Waals surface area contributed by atoms with Crippen LogP contribution in [0.1, 0.15) is 46.5 Å². The van der Waals surface area contributed by atoms with E-state index < -0.39 is 5.41 Å². The minimum absolute atomic E-state index is 0.0547. The van der Waals surface area contributed by atoms with Crippen LogP contribution in [0.4, 0.5) is 0 Å². The van der Waals surface area contributed by atoms with Crippen LogP contribution < -0.4 is 0 Å². The molecule has 0 bridgehead atoms. The largest absolute Gasteiger partial charge is 0.465 e. The molecule has 15 heavy (non-hydrogen) atoms. The van der Waals surface area contributed by atoms with E-state index in [1.54, 1.807) is 13.8 Å². The molecule has 0 aromatic carbocycles. The summed E-state index contributed by atoms with van der Waals surface area (Å²) in [6.07, 6.45) is 3.25. The van der Waals surface area contributed by atoms with Crippen molar-refractivity contribution in [1.82, 2.24) is 0 Å². The van der Waals surface area contributed by atoms with Gasteiger partial charge in [-0.05, 0) is 32.6 Å². The average Bonchev–Trinajstić information content (AvgIpc) is 2.22. The summed E-state index contributed by atoms with van der Waals surface area (Å²) in [6.45, 7) is 5.90. The average molecular weight is 212 g/mol. The minimum atomic E-state index is -0.886. The predicted octanol–water partition coefficient (Wildman–Crippen LogP) is 2.33. The van der Waals surface area contributed by atoms with Crippen molar-refractivity contribution in [3.63, 3.8) is 0 Å². The third-order valence-electron chi connectivity index (χ3n) is 3.54. The van der Waals surface area contributed by atoms with Gasteiger partial charge in [-0.2, -0.15) is 0 Å². The lowest BCUT2D eigenvalue weighted by molar-refractivity contribution is -0.165. The second kappa shape index (κ2) is 4.77. The molecule has 1 aliphatic carbocycles. The second-order valence-corrected chi connectivity index (χ2v) is 4.34. The molecule has 0 N–H and O–H groups in total. The summed E-state index contributed by atoms with van der Waals surface area (Å²) in [7, 11) is 0. The molecule has 2 atom stereocenters. The molecule has 1 saturated carbocycles. The fraction of sp³-hybridized carbons (Fsp3) is 0.833. The Labute approximate surface area is 91.2 Å². The van der Waals surface area contributed by atoms with Crippen molar-refractivity contribution in [1.29, 1.82) is 0 Å². The van der Waals surface area contributed by atoms with Crippen LogP contribution in [0, 0.1) is 11.3 Å². The van der Waals surface area contributed by atoms with E-state index in [-0.39, 0.29) is 17.7 Å². The molecule has 3 nitrogen and oxygen atoms in total. The Morgan fingerprint density at radius 3 is 2.73 bits per heavy atom. The number of ketones is 1. The zero-order chi connectivity index (χ0) is 11.5. The molecule has 86 valence electrons. The van der Waals surface area contributed by atoms with Crippen molar-refractivity contribution < 1.29 is 14.3 Å². The number of carbonyl (C=O) groups excluding carboxylic acids is 2. The third-order valence-corrected chi connectivity index (χ3v) is 3.54. The van der Waals surface area contributed by atoms with E-state index >= 15 is 0 Å². The van der Waals surface area contributed by atoms with Gasteiger partial charge < -0.3 is 4.74 Å². The first kappa shape index (κ1) is 12.2. The molecule has 0 spiro atoms. The van der Waals surface area contributed by atoms with E-state index in [0.717, 1.165) is 19.3 Å². The first-order chi connectivity index (χ1) is 7.07. The summed E-state index contributed by atoms with van der Waals surface area (Å²) < 4.78 is 5.03. The molecule has 0 unspecified atom stereocenters. The Morgan fingerprint density at radius 2 is 2.20 bits per heavy atom. The van der Waals surface area contributed by atoms with Crippen molar-refractivity contribution in [2.45, 2.75) is 46.5 Å². The molecule has 0 amide bonds. The summed E-state index contributed by atoms with van der Waals surface area (Å²) in [5.74, 6) is -0.126. The topological polar surface area (TPSA) is 43.4 Å². The number of hydrogen-bond acceptors (Lipinski definition) is 3.